The van der Waals surface area contributed by atoms with E-state index in [4.69, 9.17) is 10.5 Å². The van der Waals surface area contributed by atoms with Gasteiger partial charge in [0.1, 0.15) is 15.4 Å². The summed E-state index contributed by atoms with van der Waals surface area (Å²) in [5, 5.41) is 6.26. The molecule has 0 atom stereocenters. The fourth-order valence-electron chi connectivity index (χ4n) is 1.73. The van der Waals surface area contributed by atoms with Crippen LogP contribution in [0.1, 0.15) is 46.2 Å². The van der Waals surface area contributed by atoms with Gasteiger partial charge in [-0.25, -0.2) is 4.79 Å². The molecule has 0 saturated heterocycles. The minimum absolute atomic E-state index is 0.166. The summed E-state index contributed by atoms with van der Waals surface area (Å²) in [6.45, 7) is 2.84. The zero-order valence-electron chi connectivity index (χ0n) is 12.0. The van der Waals surface area contributed by atoms with E-state index in [1.807, 2.05) is 0 Å². The molecule has 0 fully saturated rings. The molecule has 0 bridgehead atoms. The third kappa shape index (κ3) is 3.63. The Hall–Kier alpha value is -1.76. The number of esters is 1. The van der Waals surface area contributed by atoms with E-state index in [1.54, 1.807) is 0 Å². The molecular formula is C13H21N3O3S. The number of amides is 1. The lowest BCUT2D eigenvalue weighted by molar-refractivity contribution is 0.0603. The van der Waals surface area contributed by atoms with E-state index < -0.39 is 5.97 Å². The normalized spacial score (nSPS) is 10.2. The molecule has 4 N–H and O–H groups in total. The molecule has 6 nitrogen and oxygen atoms in total. The highest BCUT2D eigenvalue weighted by atomic mass is 32.1. The number of carbonyl (C=O) groups excluding carboxylic acids is 2. The van der Waals surface area contributed by atoms with Gasteiger partial charge in [0.05, 0.1) is 12.8 Å². The van der Waals surface area contributed by atoms with Crippen molar-refractivity contribution >= 4 is 33.9 Å². The molecule has 0 unspecified atom stereocenters. The molecule has 0 aliphatic carbocycles. The van der Waals surface area contributed by atoms with Crippen LogP contribution in [0.4, 0.5) is 10.7 Å². The lowest BCUT2D eigenvalue weighted by atomic mass is 10.2. The van der Waals surface area contributed by atoms with Gasteiger partial charge in [-0.3, -0.25) is 4.79 Å². The third-order valence-corrected chi connectivity index (χ3v) is 4.00. The zero-order chi connectivity index (χ0) is 15.1. The van der Waals surface area contributed by atoms with Crippen LogP contribution < -0.4 is 16.4 Å². The number of methoxy groups -OCH3 is 1. The molecule has 0 aromatic carbocycles. The molecule has 7 heteroatoms. The van der Waals surface area contributed by atoms with Gasteiger partial charge in [0.25, 0.3) is 5.91 Å². The van der Waals surface area contributed by atoms with Crippen LogP contribution in [0.25, 0.3) is 0 Å². The lowest BCUT2D eigenvalue weighted by Gasteiger charge is -2.06. The summed E-state index contributed by atoms with van der Waals surface area (Å²) in [4.78, 5) is 23.9. The van der Waals surface area contributed by atoms with Crippen LogP contribution in [0, 0.1) is 0 Å². The second-order valence-corrected chi connectivity index (χ2v) is 5.27. The zero-order valence-corrected chi connectivity index (χ0v) is 12.9. The molecule has 1 heterocycles. The van der Waals surface area contributed by atoms with Gasteiger partial charge in [-0.1, -0.05) is 19.8 Å². The van der Waals surface area contributed by atoms with Crippen LogP contribution >= 0.6 is 11.3 Å². The number of nitrogen functional groups attached to an aromatic ring is 1. The summed E-state index contributed by atoms with van der Waals surface area (Å²) >= 11 is 1.17. The van der Waals surface area contributed by atoms with Crippen molar-refractivity contribution in [2.24, 2.45) is 0 Å². The van der Waals surface area contributed by atoms with Gasteiger partial charge >= 0.3 is 5.97 Å². The summed E-state index contributed by atoms with van der Waals surface area (Å²) in [5.41, 5.74) is 6.31. The predicted molar refractivity (Wildman–Crippen MR) is 81.5 cm³/mol. The van der Waals surface area contributed by atoms with Crippen LogP contribution in [0.2, 0.25) is 0 Å². The van der Waals surface area contributed by atoms with Gasteiger partial charge in [0.15, 0.2) is 0 Å². The number of thiophene rings is 1. The highest BCUT2D eigenvalue weighted by Gasteiger charge is 2.25. The standard InChI is InChI=1S/C13H21N3O3S/c1-4-5-6-7-16-12-8(13(18)19-3)9(14)10(20-12)11(17)15-2/h16H,4-7,14H2,1-3H3,(H,15,17). The molecule has 0 radical (unpaired) electrons. The Morgan fingerprint density at radius 3 is 2.60 bits per heavy atom. The smallest absolute Gasteiger partial charge is 0.343 e. The molecule has 112 valence electrons. The molecule has 1 amide bonds. The maximum Gasteiger partial charge on any atom is 0.343 e. The summed E-state index contributed by atoms with van der Waals surface area (Å²) < 4.78 is 4.73. The van der Waals surface area contributed by atoms with Crippen molar-refractivity contribution in [3.8, 4) is 0 Å². The fourth-order valence-corrected chi connectivity index (χ4v) is 2.81. The maximum absolute atomic E-state index is 11.8. The van der Waals surface area contributed by atoms with E-state index in [0.29, 0.717) is 9.88 Å². The minimum Gasteiger partial charge on any atom is -0.465 e. The maximum atomic E-state index is 11.8. The SMILES string of the molecule is CCCCCNc1sc(C(=O)NC)c(N)c1C(=O)OC. The summed E-state index contributed by atoms with van der Waals surface area (Å²) in [6.07, 6.45) is 3.20. The van der Waals surface area contributed by atoms with E-state index in [0.717, 1.165) is 25.8 Å². The Bertz CT molecular complexity index is 485. The summed E-state index contributed by atoms with van der Waals surface area (Å²) in [5.74, 6) is -0.842. The fraction of sp³-hybridized carbons (Fsp3) is 0.538. The Morgan fingerprint density at radius 1 is 1.35 bits per heavy atom. The van der Waals surface area contributed by atoms with Crippen molar-refractivity contribution in [2.75, 3.05) is 31.8 Å². The number of nitrogens with one attached hydrogen (secondary N) is 2. The predicted octanol–water partition coefficient (Wildman–Crippen LogP) is 2.08. The Balaban J connectivity index is 3.01. The average Bonchev–Trinajstić information content (AvgIpc) is 2.79. The number of nitrogens with two attached hydrogens (primary N) is 1. The minimum atomic E-state index is -0.535. The molecule has 20 heavy (non-hydrogen) atoms. The molecule has 1 aromatic rings. The lowest BCUT2D eigenvalue weighted by Crippen LogP contribution is -2.18. The van der Waals surface area contributed by atoms with Gasteiger partial charge in [-0.2, -0.15) is 0 Å². The van der Waals surface area contributed by atoms with Crippen molar-refractivity contribution < 1.29 is 14.3 Å². The quantitative estimate of drug-likeness (QED) is 0.529. The Labute approximate surface area is 122 Å². The van der Waals surface area contributed by atoms with Gasteiger partial charge in [-0.05, 0) is 6.42 Å². The molecule has 1 rings (SSSR count). The van der Waals surface area contributed by atoms with Gasteiger partial charge in [0.2, 0.25) is 0 Å². The second kappa shape index (κ2) is 7.74. The number of unbranched alkanes of at least 4 members (excludes halogenated alkanes) is 2. The highest BCUT2D eigenvalue weighted by Crippen LogP contribution is 2.36. The van der Waals surface area contributed by atoms with Crippen LogP contribution in [0.5, 0.6) is 0 Å². The van der Waals surface area contributed by atoms with Crippen LogP contribution in [-0.2, 0) is 4.74 Å². The molecule has 0 aliphatic rings. The van der Waals surface area contributed by atoms with E-state index in [9.17, 15) is 9.59 Å². The first-order valence-electron chi connectivity index (χ1n) is 6.53. The first-order chi connectivity index (χ1) is 9.56. The van der Waals surface area contributed by atoms with Crippen molar-refractivity contribution in [1.82, 2.24) is 5.32 Å². The van der Waals surface area contributed by atoms with E-state index in [1.165, 1.54) is 25.5 Å². The van der Waals surface area contributed by atoms with Crippen LogP contribution in [-0.4, -0.2) is 32.6 Å². The largest absolute Gasteiger partial charge is 0.465 e. The number of anilines is 2. The number of hydrogen-bond donors (Lipinski definition) is 3. The van der Waals surface area contributed by atoms with Crippen molar-refractivity contribution in [1.29, 1.82) is 0 Å². The van der Waals surface area contributed by atoms with Crippen LogP contribution in [0.3, 0.4) is 0 Å². The molecular weight excluding hydrogens is 278 g/mol. The van der Waals surface area contributed by atoms with E-state index >= 15 is 0 Å². The monoisotopic (exact) mass is 299 g/mol. The van der Waals surface area contributed by atoms with Gasteiger partial charge < -0.3 is 21.1 Å². The van der Waals surface area contributed by atoms with Gasteiger partial charge in [-0.15, -0.1) is 11.3 Å². The number of ether oxygens (including phenoxy) is 1. The van der Waals surface area contributed by atoms with Crippen LogP contribution in [0.15, 0.2) is 0 Å². The average molecular weight is 299 g/mol. The Kier molecular flexibility index (Phi) is 6.30. The molecule has 0 spiro atoms. The first kappa shape index (κ1) is 16.3. The van der Waals surface area contributed by atoms with Gasteiger partial charge in [0, 0.05) is 13.6 Å². The molecule has 0 saturated carbocycles. The van der Waals surface area contributed by atoms with E-state index in [-0.39, 0.29) is 17.2 Å². The Morgan fingerprint density at radius 2 is 2.05 bits per heavy atom. The molecule has 1 aromatic heterocycles. The number of carbonyl (C=O) groups is 2. The van der Waals surface area contributed by atoms with Crippen molar-refractivity contribution in [3.63, 3.8) is 0 Å². The number of hydrogen-bond acceptors (Lipinski definition) is 6. The third-order valence-electron chi connectivity index (χ3n) is 2.83. The second-order valence-electron chi connectivity index (χ2n) is 4.25. The summed E-state index contributed by atoms with van der Waals surface area (Å²) in [7, 11) is 2.81. The first-order valence-corrected chi connectivity index (χ1v) is 7.34. The van der Waals surface area contributed by atoms with Crippen molar-refractivity contribution in [2.45, 2.75) is 26.2 Å². The molecule has 0 aliphatic heterocycles. The number of rotatable bonds is 7. The topological polar surface area (TPSA) is 93.5 Å². The van der Waals surface area contributed by atoms with E-state index in [2.05, 4.69) is 17.6 Å². The van der Waals surface area contributed by atoms with Crippen molar-refractivity contribution in [3.05, 3.63) is 10.4 Å². The summed E-state index contributed by atoms with van der Waals surface area (Å²) in [6, 6.07) is 0. The highest BCUT2D eigenvalue weighted by molar-refractivity contribution is 7.19.